The summed E-state index contributed by atoms with van der Waals surface area (Å²) in [6, 6.07) is 5.98. The molecule has 8 nitrogen and oxygen atoms in total. The van der Waals surface area contributed by atoms with Crippen molar-refractivity contribution in [3.8, 4) is 0 Å². The smallest absolute Gasteiger partial charge is 0.282 e. The maximum absolute atomic E-state index is 12.6. The predicted octanol–water partition coefficient (Wildman–Crippen LogP) is 1.31. The van der Waals surface area contributed by atoms with Crippen LogP contribution in [0, 0.1) is 16.0 Å². The second-order valence-electron chi connectivity index (χ2n) is 6.28. The minimum Gasteiger partial charge on any atom is -0.378 e. The quantitative estimate of drug-likeness (QED) is 0.607. The summed E-state index contributed by atoms with van der Waals surface area (Å²) in [7, 11) is 0. The fourth-order valence-corrected chi connectivity index (χ4v) is 3.36. The molecule has 0 aromatic heterocycles. The van der Waals surface area contributed by atoms with Gasteiger partial charge in [-0.3, -0.25) is 19.7 Å². The summed E-state index contributed by atoms with van der Waals surface area (Å²) in [6.07, 6.45) is 1.17. The van der Waals surface area contributed by atoms with Gasteiger partial charge >= 0.3 is 0 Å². The molecule has 0 N–H and O–H groups in total. The van der Waals surface area contributed by atoms with Crippen molar-refractivity contribution in [2.75, 3.05) is 39.4 Å². The molecule has 0 aliphatic carbocycles. The monoisotopic (exact) mass is 347 g/mol. The van der Waals surface area contributed by atoms with E-state index in [1.807, 2.05) is 4.90 Å². The van der Waals surface area contributed by atoms with Crippen LogP contribution in [0.25, 0.3) is 0 Å². The zero-order chi connectivity index (χ0) is 17.8. The van der Waals surface area contributed by atoms with Gasteiger partial charge in [0.2, 0.25) is 5.91 Å². The Bertz CT molecular complexity index is 664. The number of benzene rings is 1. The Kier molecular flexibility index (Phi) is 5.28. The zero-order valence-electron chi connectivity index (χ0n) is 13.9. The highest BCUT2D eigenvalue weighted by Gasteiger charge is 2.32. The van der Waals surface area contributed by atoms with Crippen LogP contribution in [0.5, 0.6) is 0 Å². The lowest BCUT2D eigenvalue weighted by Crippen LogP contribution is -2.47. The van der Waals surface area contributed by atoms with Gasteiger partial charge in [0.25, 0.3) is 11.6 Å². The maximum atomic E-state index is 12.6. The normalized spacial score (nSPS) is 18.9. The number of hydrogen-bond acceptors (Lipinski definition) is 5. The summed E-state index contributed by atoms with van der Waals surface area (Å²) in [5.74, 6) is -0.307. The topological polar surface area (TPSA) is 93.0 Å². The number of amides is 2. The van der Waals surface area contributed by atoms with Crippen LogP contribution in [0.2, 0.25) is 0 Å². The van der Waals surface area contributed by atoms with Crippen LogP contribution in [-0.4, -0.2) is 65.9 Å². The van der Waals surface area contributed by atoms with Gasteiger partial charge in [-0.2, -0.15) is 0 Å². The Hall–Kier alpha value is -2.48. The Morgan fingerprint density at radius 3 is 2.32 bits per heavy atom. The molecule has 3 rings (SSSR count). The Balaban J connectivity index is 1.61. The van der Waals surface area contributed by atoms with Crippen LogP contribution < -0.4 is 0 Å². The lowest BCUT2D eigenvalue weighted by atomic mass is 9.94. The van der Waals surface area contributed by atoms with Crippen LogP contribution in [0.4, 0.5) is 5.69 Å². The number of ether oxygens (including phenoxy) is 1. The van der Waals surface area contributed by atoms with Crippen LogP contribution in [0.1, 0.15) is 23.2 Å². The molecule has 0 spiro atoms. The molecule has 2 amide bonds. The molecular formula is C17H21N3O5. The van der Waals surface area contributed by atoms with Gasteiger partial charge < -0.3 is 14.5 Å². The zero-order valence-corrected chi connectivity index (χ0v) is 13.9. The highest BCUT2D eigenvalue weighted by Crippen LogP contribution is 2.25. The Morgan fingerprint density at radius 1 is 1.04 bits per heavy atom. The van der Waals surface area contributed by atoms with Gasteiger partial charge in [0.05, 0.1) is 18.1 Å². The highest BCUT2D eigenvalue weighted by molar-refractivity contribution is 5.98. The largest absolute Gasteiger partial charge is 0.378 e. The highest BCUT2D eigenvalue weighted by atomic mass is 16.6. The van der Waals surface area contributed by atoms with Gasteiger partial charge in [0.1, 0.15) is 5.56 Å². The summed E-state index contributed by atoms with van der Waals surface area (Å²) in [4.78, 5) is 39.1. The van der Waals surface area contributed by atoms with E-state index in [0.29, 0.717) is 52.2 Å². The molecule has 0 atom stereocenters. The maximum Gasteiger partial charge on any atom is 0.282 e. The van der Waals surface area contributed by atoms with E-state index >= 15 is 0 Å². The fraction of sp³-hybridized carbons (Fsp3) is 0.529. The first-order valence-electron chi connectivity index (χ1n) is 8.47. The van der Waals surface area contributed by atoms with Crippen molar-refractivity contribution < 1.29 is 19.2 Å². The van der Waals surface area contributed by atoms with Gasteiger partial charge in [0.15, 0.2) is 0 Å². The van der Waals surface area contributed by atoms with Crippen molar-refractivity contribution in [3.63, 3.8) is 0 Å². The number of carbonyl (C=O) groups is 2. The second kappa shape index (κ2) is 7.60. The van der Waals surface area contributed by atoms with Gasteiger partial charge in [-0.25, -0.2) is 0 Å². The van der Waals surface area contributed by atoms with Crippen molar-refractivity contribution >= 4 is 17.5 Å². The third-order valence-electron chi connectivity index (χ3n) is 4.79. The van der Waals surface area contributed by atoms with Gasteiger partial charge in [0, 0.05) is 38.2 Å². The van der Waals surface area contributed by atoms with E-state index in [1.54, 1.807) is 17.0 Å². The number of morpholine rings is 1. The molecule has 0 radical (unpaired) electrons. The van der Waals surface area contributed by atoms with Crippen molar-refractivity contribution in [1.82, 2.24) is 9.80 Å². The first-order valence-corrected chi connectivity index (χ1v) is 8.47. The van der Waals surface area contributed by atoms with Crippen LogP contribution in [0.15, 0.2) is 24.3 Å². The van der Waals surface area contributed by atoms with E-state index in [0.717, 1.165) is 0 Å². The van der Waals surface area contributed by atoms with Crippen molar-refractivity contribution in [1.29, 1.82) is 0 Å². The number of rotatable bonds is 3. The number of hydrogen-bond donors (Lipinski definition) is 0. The lowest BCUT2D eigenvalue weighted by molar-refractivity contribution is -0.385. The SMILES string of the molecule is O=C(c1ccccc1[N+](=O)[O-])N1CCC(C(=O)N2CCOCC2)CC1. The number of carbonyl (C=O) groups excluding carboxylic acids is 2. The van der Waals surface area contributed by atoms with Crippen molar-refractivity contribution in [2.45, 2.75) is 12.8 Å². The van der Waals surface area contributed by atoms with Crippen LogP contribution in [-0.2, 0) is 9.53 Å². The summed E-state index contributed by atoms with van der Waals surface area (Å²) < 4.78 is 5.26. The predicted molar refractivity (Wildman–Crippen MR) is 89.1 cm³/mol. The summed E-state index contributed by atoms with van der Waals surface area (Å²) in [5, 5.41) is 11.1. The molecule has 2 aliphatic heterocycles. The van der Waals surface area contributed by atoms with E-state index in [-0.39, 0.29) is 29.0 Å². The van der Waals surface area contributed by atoms with Gasteiger partial charge in [-0.1, -0.05) is 12.1 Å². The molecule has 134 valence electrons. The molecular weight excluding hydrogens is 326 g/mol. The average molecular weight is 347 g/mol. The third kappa shape index (κ3) is 3.79. The molecule has 2 heterocycles. The molecule has 1 aromatic rings. The number of likely N-dealkylation sites (tertiary alicyclic amines) is 1. The van der Waals surface area contributed by atoms with Gasteiger partial charge in [-0.05, 0) is 18.9 Å². The van der Waals surface area contributed by atoms with E-state index < -0.39 is 4.92 Å². The van der Waals surface area contributed by atoms with E-state index in [2.05, 4.69) is 0 Å². The fourth-order valence-electron chi connectivity index (χ4n) is 3.36. The minimum absolute atomic E-state index is 0.0899. The summed E-state index contributed by atoms with van der Waals surface area (Å²) >= 11 is 0. The standard InChI is InChI=1S/C17H21N3O5/c21-16(19-9-11-25-12-10-19)13-5-7-18(8-6-13)17(22)14-3-1-2-4-15(14)20(23)24/h1-4,13H,5-12H2. The minimum atomic E-state index is -0.540. The molecule has 2 fully saturated rings. The summed E-state index contributed by atoms with van der Waals surface area (Å²) in [5.41, 5.74) is -0.0792. The van der Waals surface area contributed by atoms with Crippen molar-refractivity contribution in [3.05, 3.63) is 39.9 Å². The Morgan fingerprint density at radius 2 is 1.68 bits per heavy atom. The molecule has 0 bridgehead atoms. The summed E-state index contributed by atoms with van der Waals surface area (Å²) in [6.45, 7) is 3.25. The molecule has 25 heavy (non-hydrogen) atoms. The van der Waals surface area contributed by atoms with E-state index in [4.69, 9.17) is 4.74 Å². The van der Waals surface area contributed by atoms with Crippen molar-refractivity contribution in [2.24, 2.45) is 5.92 Å². The van der Waals surface area contributed by atoms with Crippen LogP contribution in [0.3, 0.4) is 0 Å². The molecule has 0 saturated carbocycles. The number of para-hydroxylation sites is 1. The molecule has 2 saturated heterocycles. The number of piperidine rings is 1. The number of nitrogens with zero attached hydrogens (tertiary/aromatic N) is 3. The lowest BCUT2D eigenvalue weighted by Gasteiger charge is -2.35. The number of nitro groups is 1. The first-order chi connectivity index (χ1) is 12.1. The first kappa shape index (κ1) is 17.3. The van der Waals surface area contributed by atoms with E-state index in [1.165, 1.54) is 12.1 Å². The molecule has 0 unspecified atom stereocenters. The molecule has 2 aliphatic rings. The number of nitro benzene ring substituents is 1. The Labute approximate surface area is 145 Å². The van der Waals surface area contributed by atoms with E-state index in [9.17, 15) is 19.7 Å². The molecule has 8 heteroatoms. The second-order valence-corrected chi connectivity index (χ2v) is 6.28. The third-order valence-corrected chi connectivity index (χ3v) is 4.79. The molecule has 1 aromatic carbocycles. The van der Waals surface area contributed by atoms with Crippen LogP contribution >= 0.6 is 0 Å². The average Bonchev–Trinajstić information content (AvgIpc) is 2.67. The van der Waals surface area contributed by atoms with Gasteiger partial charge in [-0.15, -0.1) is 0 Å².